The van der Waals surface area contributed by atoms with Gasteiger partial charge in [-0.25, -0.2) is 13.2 Å². The summed E-state index contributed by atoms with van der Waals surface area (Å²) in [4.78, 5) is 18.5. The Morgan fingerprint density at radius 3 is 2.45 bits per heavy atom. The first kappa shape index (κ1) is 28.0. The van der Waals surface area contributed by atoms with Gasteiger partial charge in [0.15, 0.2) is 0 Å². The number of alkyl halides is 3. The van der Waals surface area contributed by atoms with Gasteiger partial charge in [0, 0.05) is 58.5 Å². The van der Waals surface area contributed by atoms with Gasteiger partial charge in [-0.3, -0.25) is 4.31 Å². The molecule has 12 heteroatoms. The number of sulfonamides is 1. The number of rotatable bonds is 6. The molecule has 2 fully saturated rings. The minimum atomic E-state index is -4.48. The monoisotopic (exact) mass is 553 g/mol. The topological polar surface area (TPSA) is 76.2 Å². The number of hydrogen-bond acceptors (Lipinski definition) is 5. The van der Waals surface area contributed by atoms with Crippen LogP contribution in [0, 0.1) is 5.92 Å². The lowest BCUT2D eigenvalue weighted by Gasteiger charge is -2.35. The molecule has 1 atom stereocenters. The molecule has 0 spiro atoms. The highest BCUT2D eigenvalue weighted by Gasteiger charge is 2.34. The lowest BCUT2D eigenvalue weighted by atomic mass is 10.1. The standard InChI is InChI=1S/C26H34F3N5O3S/c1-19-16-34(38(36,37)18-19)23-6-4-5-20(13-23)17-32(3)25(35)30-15-21-14-22(26(27,28)29)7-8-24(21)33-11-9-31(2)10-12-33/h4-8,13-14,19H,9-12,15-18H2,1-3H3,(H,30,35). The number of hydrogen-bond donors (Lipinski definition) is 1. The summed E-state index contributed by atoms with van der Waals surface area (Å²) in [5, 5.41) is 2.75. The summed E-state index contributed by atoms with van der Waals surface area (Å²) in [7, 11) is 0.222. The molecule has 2 heterocycles. The van der Waals surface area contributed by atoms with Crippen molar-refractivity contribution in [2.24, 2.45) is 5.92 Å². The average Bonchev–Trinajstić information content (AvgIpc) is 3.14. The van der Waals surface area contributed by atoms with Crippen molar-refractivity contribution in [2.75, 3.05) is 61.8 Å². The van der Waals surface area contributed by atoms with Gasteiger partial charge in [-0.05, 0) is 54.4 Å². The van der Waals surface area contributed by atoms with E-state index in [1.807, 2.05) is 18.9 Å². The Morgan fingerprint density at radius 1 is 1.11 bits per heavy atom. The Labute approximate surface area is 222 Å². The fraction of sp³-hybridized carbons (Fsp3) is 0.500. The van der Waals surface area contributed by atoms with Crippen molar-refractivity contribution in [1.82, 2.24) is 15.1 Å². The molecule has 2 aliphatic rings. The van der Waals surface area contributed by atoms with Gasteiger partial charge in [-0.15, -0.1) is 0 Å². The zero-order chi connectivity index (χ0) is 27.7. The molecule has 0 radical (unpaired) electrons. The summed E-state index contributed by atoms with van der Waals surface area (Å²) in [6, 6.07) is 10.3. The molecule has 0 aliphatic carbocycles. The third-order valence-electron chi connectivity index (χ3n) is 6.95. The molecule has 1 unspecified atom stereocenters. The molecule has 0 saturated carbocycles. The Hall–Kier alpha value is -2.99. The van der Waals surface area contributed by atoms with Gasteiger partial charge >= 0.3 is 12.2 Å². The van der Waals surface area contributed by atoms with Crippen LogP contribution in [0.25, 0.3) is 0 Å². The fourth-order valence-corrected chi connectivity index (χ4v) is 6.81. The van der Waals surface area contributed by atoms with Crippen molar-refractivity contribution in [2.45, 2.75) is 26.2 Å². The second kappa shape index (κ2) is 11.0. The summed E-state index contributed by atoms with van der Waals surface area (Å²) in [6.07, 6.45) is -4.48. The highest BCUT2D eigenvalue weighted by molar-refractivity contribution is 7.93. The van der Waals surface area contributed by atoms with Gasteiger partial charge in [-0.1, -0.05) is 19.1 Å². The lowest BCUT2D eigenvalue weighted by Crippen LogP contribution is -2.45. The van der Waals surface area contributed by atoms with E-state index in [0.29, 0.717) is 36.6 Å². The second-order valence-electron chi connectivity index (χ2n) is 10.2. The number of piperazine rings is 1. The molecule has 38 heavy (non-hydrogen) atoms. The largest absolute Gasteiger partial charge is 0.416 e. The molecular weight excluding hydrogens is 519 g/mol. The summed E-state index contributed by atoms with van der Waals surface area (Å²) in [5.41, 5.74) is 1.63. The van der Waals surface area contributed by atoms with Crippen LogP contribution in [0.15, 0.2) is 42.5 Å². The van der Waals surface area contributed by atoms with Gasteiger partial charge in [0.05, 0.1) is 17.0 Å². The highest BCUT2D eigenvalue weighted by atomic mass is 32.2. The Balaban J connectivity index is 1.44. The van der Waals surface area contributed by atoms with Crippen LogP contribution in [0.4, 0.5) is 29.3 Å². The highest BCUT2D eigenvalue weighted by Crippen LogP contribution is 2.33. The number of anilines is 2. The van der Waals surface area contributed by atoms with Crippen molar-refractivity contribution < 1.29 is 26.4 Å². The molecule has 2 aliphatic heterocycles. The molecule has 4 rings (SSSR count). The number of benzene rings is 2. The van der Waals surface area contributed by atoms with Crippen LogP contribution in [-0.2, 0) is 29.3 Å². The van der Waals surface area contributed by atoms with Crippen LogP contribution in [0.5, 0.6) is 0 Å². The number of carbonyl (C=O) groups is 1. The van der Waals surface area contributed by atoms with E-state index >= 15 is 0 Å². The minimum Gasteiger partial charge on any atom is -0.369 e. The maximum Gasteiger partial charge on any atom is 0.416 e. The first-order valence-corrected chi connectivity index (χ1v) is 14.2. The maximum atomic E-state index is 13.4. The molecule has 2 saturated heterocycles. The molecule has 2 amide bonds. The minimum absolute atomic E-state index is 0.0312. The molecule has 2 aromatic carbocycles. The molecule has 2 aromatic rings. The summed E-state index contributed by atoms with van der Waals surface area (Å²) in [5.74, 6) is 0.134. The Kier molecular flexibility index (Phi) is 8.12. The van der Waals surface area contributed by atoms with E-state index in [-0.39, 0.29) is 24.8 Å². The predicted octanol–water partition coefficient (Wildman–Crippen LogP) is 3.58. The Bertz CT molecular complexity index is 1260. The zero-order valence-corrected chi connectivity index (χ0v) is 22.6. The summed E-state index contributed by atoms with van der Waals surface area (Å²) in [6.45, 7) is 5.41. The third kappa shape index (κ3) is 6.52. The SMILES string of the molecule is CC1CN(c2cccc(CN(C)C(=O)NCc3cc(C(F)(F)F)ccc3N3CCN(C)CC3)c2)S(=O)(=O)C1. The third-order valence-corrected chi connectivity index (χ3v) is 8.98. The van der Waals surface area contributed by atoms with Crippen LogP contribution in [0.2, 0.25) is 0 Å². The van der Waals surface area contributed by atoms with Gasteiger partial charge in [0.1, 0.15) is 0 Å². The molecule has 8 nitrogen and oxygen atoms in total. The van der Waals surface area contributed by atoms with E-state index in [1.54, 1.807) is 31.3 Å². The van der Waals surface area contributed by atoms with Crippen molar-refractivity contribution >= 4 is 27.4 Å². The van der Waals surface area contributed by atoms with Crippen LogP contribution in [0.1, 0.15) is 23.6 Å². The zero-order valence-electron chi connectivity index (χ0n) is 21.8. The number of halogens is 3. The number of urea groups is 1. The van der Waals surface area contributed by atoms with E-state index in [9.17, 15) is 26.4 Å². The Morgan fingerprint density at radius 2 is 1.82 bits per heavy atom. The second-order valence-corrected chi connectivity index (χ2v) is 12.2. The van der Waals surface area contributed by atoms with Crippen molar-refractivity contribution in [3.8, 4) is 0 Å². The normalized spacial score (nSPS) is 20.0. The van der Waals surface area contributed by atoms with E-state index in [0.717, 1.165) is 30.8 Å². The maximum absolute atomic E-state index is 13.4. The molecule has 0 bridgehead atoms. The quantitative estimate of drug-likeness (QED) is 0.592. The number of nitrogens with one attached hydrogen (secondary N) is 1. The summed E-state index contributed by atoms with van der Waals surface area (Å²) < 4.78 is 66.6. The van der Waals surface area contributed by atoms with E-state index in [4.69, 9.17) is 0 Å². The predicted molar refractivity (Wildman–Crippen MR) is 142 cm³/mol. The number of nitrogens with zero attached hydrogens (tertiary/aromatic N) is 4. The van der Waals surface area contributed by atoms with E-state index in [2.05, 4.69) is 10.2 Å². The number of carbonyl (C=O) groups excluding carboxylic acids is 1. The van der Waals surface area contributed by atoms with Crippen LogP contribution in [0.3, 0.4) is 0 Å². The van der Waals surface area contributed by atoms with Gasteiger partial charge in [0.2, 0.25) is 10.0 Å². The van der Waals surface area contributed by atoms with Crippen molar-refractivity contribution in [3.05, 3.63) is 59.2 Å². The van der Waals surface area contributed by atoms with Crippen LogP contribution < -0.4 is 14.5 Å². The fourth-order valence-electron chi connectivity index (χ4n) is 4.89. The molecular formula is C26H34F3N5O3S. The number of amides is 2. The van der Waals surface area contributed by atoms with Crippen LogP contribution in [-0.4, -0.2) is 76.8 Å². The molecule has 208 valence electrons. The smallest absolute Gasteiger partial charge is 0.369 e. The van der Waals surface area contributed by atoms with Crippen molar-refractivity contribution in [3.63, 3.8) is 0 Å². The van der Waals surface area contributed by atoms with Gasteiger partial charge in [-0.2, -0.15) is 13.2 Å². The first-order valence-electron chi connectivity index (χ1n) is 12.6. The van der Waals surface area contributed by atoms with Gasteiger partial charge in [0.25, 0.3) is 0 Å². The van der Waals surface area contributed by atoms with E-state index in [1.165, 1.54) is 15.3 Å². The average molecular weight is 554 g/mol. The summed E-state index contributed by atoms with van der Waals surface area (Å²) >= 11 is 0. The van der Waals surface area contributed by atoms with E-state index < -0.39 is 27.8 Å². The van der Waals surface area contributed by atoms with Crippen LogP contribution >= 0.6 is 0 Å². The molecule has 1 N–H and O–H groups in total. The van der Waals surface area contributed by atoms with Crippen molar-refractivity contribution in [1.29, 1.82) is 0 Å². The number of likely N-dealkylation sites (N-methyl/N-ethyl adjacent to an activating group) is 1. The lowest BCUT2D eigenvalue weighted by molar-refractivity contribution is -0.137. The first-order chi connectivity index (χ1) is 17.8. The molecule has 0 aromatic heterocycles. The van der Waals surface area contributed by atoms with Gasteiger partial charge < -0.3 is 20.0 Å².